The highest BCUT2D eigenvalue weighted by atomic mass is 16.5. The summed E-state index contributed by atoms with van der Waals surface area (Å²) in [4.78, 5) is 62.2. The van der Waals surface area contributed by atoms with E-state index in [4.69, 9.17) is 9.47 Å². The van der Waals surface area contributed by atoms with Gasteiger partial charge in [-0.3, -0.25) is 24.1 Å². The van der Waals surface area contributed by atoms with Crippen LogP contribution in [0.4, 0.5) is 5.69 Å². The molecule has 0 saturated carbocycles. The molecule has 0 aliphatic carbocycles. The quantitative estimate of drug-likeness (QED) is 0.0901. The van der Waals surface area contributed by atoms with Gasteiger partial charge in [-0.2, -0.15) is 0 Å². The van der Waals surface area contributed by atoms with Crippen LogP contribution in [-0.2, 0) is 35.1 Å². The summed E-state index contributed by atoms with van der Waals surface area (Å²) in [5, 5.41) is 20.4. The molecule has 0 bridgehead atoms. The van der Waals surface area contributed by atoms with E-state index in [1.807, 2.05) is 65.1 Å². The van der Waals surface area contributed by atoms with E-state index in [1.54, 1.807) is 44.9 Å². The summed E-state index contributed by atoms with van der Waals surface area (Å²) in [5.74, 6) is -1.70. The molecule has 63 heavy (non-hydrogen) atoms. The van der Waals surface area contributed by atoms with Crippen molar-refractivity contribution in [3.8, 4) is 0 Å². The van der Waals surface area contributed by atoms with Crippen molar-refractivity contribution in [2.24, 2.45) is 23.7 Å². The van der Waals surface area contributed by atoms with Gasteiger partial charge >= 0.3 is 0 Å². The molecule has 1 heterocycles. The number of rotatable bonds is 25. The van der Waals surface area contributed by atoms with Gasteiger partial charge in [-0.05, 0) is 88.1 Å². The number of nitrogens with one attached hydrogen (secondary N) is 3. The Labute approximate surface area is 379 Å². The maximum atomic E-state index is 14.6. The number of aliphatic hydroxyl groups is 1. The van der Waals surface area contributed by atoms with Gasteiger partial charge in [0.25, 0.3) is 0 Å². The molecule has 4 N–H and O–H groups in total. The molecule has 3 rings (SSSR count). The van der Waals surface area contributed by atoms with Crippen molar-refractivity contribution < 1.29 is 33.8 Å². The zero-order chi connectivity index (χ0) is 47.1. The Morgan fingerprint density at radius 3 is 2.02 bits per heavy atom. The predicted molar refractivity (Wildman–Crippen MR) is 252 cm³/mol. The molecule has 354 valence electrons. The number of likely N-dealkylation sites (tertiary alicyclic amines) is 1. The smallest absolute Gasteiger partial charge is 0.245 e. The van der Waals surface area contributed by atoms with Gasteiger partial charge < -0.3 is 40.3 Å². The predicted octanol–water partition coefficient (Wildman–Crippen LogP) is 6.31. The first-order valence-electron chi connectivity index (χ1n) is 23.3. The third-order valence-corrected chi connectivity index (χ3v) is 13.0. The molecule has 1 aliphatic rings. The Morgan fingerprint density at radius 1 is 0.841 bits per heavy atom. The summed E-state index contributed by atoms with van der Waals surface area (Å²) in [6.45, 7) is 21.0. The van der Waals surface area contributed by atoms with Crippen LogP contribution < -0.4 is 16.0 Å². The summed E-state index contributed by atoms with van der Waals surface area (Å²) < 4.78 is 12.1. The van der Waals surface area contributed by atoms with Crippen molar-refractivity contribution in [2.45, 2.75) is 156 Å². The van der Waals surface area contributed by atoms with E-state index in [9.17, 15) is 24.3 Å². The average molecular weight is 879 g/mol. The molecule has 2 aromatic carbocycles. The highest BCUT2D eigenvalue weighted by Crippen LogP contribution is 2.30. The Balaban J connectivity index is 1.74. The first-order chi connectivity index (χ1) is 29.8. The van der Waals surface area contributed by atoms with E-state index >= 15 is 0 Å². The number of hydrogen-bond donors (Lipinski definition) is 4. The van der Waals surface area contributed by atoms with Crippen molar-refractivity contribution in [1.82, 2.24) is 25.3 Å². The van der Waals surface area contributed by atoms with Crippen LogP contribution in [0.3, 0.4) is 0 Å². The molecule has 1 aliphatic heterocycles. The fourth-order valence-corrected chi connectivity index (χ4v) is 9.21. The molecule has 13 nitrogen and oxygen atoms in total. The third-order valence-electron chi connectivity index (χ3n) is 13.0. The van der Waals surface area contributed by atoms with Crippen molar-refractivity contribution >= 4 is 29.3 Å². The Kier molecular flexibility index (Phi) is 21.5. The van der Waals surface area contributed by atoms with Gasteiger partial charge in [0.05, 0.1) is 54.8 Å². The minimum Gasteiger partial charge on any atom is -0.386 e. The second-order valence-electron chi connectivity index (χ2n) is 18.9. The van der Waals surface area contributed by atoms with Crippen molar-refractivity contribution in [3.63, 3.8) is 0 Å². The second kappa shape index (κ2) is 25.4. The van der Waals surface area contributed by atoms with Gasteiger partial charge in [0.1, 0.15) is 6.04 Å². The van der Waals surface area contributed by atoms with Crippen LogP contribution in [0.2, 0.25) is 0 Å². The van der Waals surface area contributed by atoms with Gasteiger partial charge in [0.2, 0.25) is 23.6 Å². The number of hydrogen-bond acceptors (Lipinski definition) is 9. The van der Waals surface area contributed by atoms with Gasteiger partial charge in [0, 0.05) is 46.1 Å². The van der Waals surface area contributed by atoms with Crippen LogP contribution in [0.1, 0.15) is 112 Å². The molecular formula is C50H82N6O7. The number of methoxy groups -OCH3 is 2. The lowest BCUT2D eigenvalue weighted by Crippen LogP contribution is -2.60. The normalized spacial score (nSPS) is 18.7. The van der Waals surface area contributed by atoms with E-state index in [0.717, 1.165) is 24.9 Å². The molecule has 0 radical (unpaired) electrons. The fourth-order valence-electron chi connectivity index (χ4n) is 9.21. The summed E-state index contributed by atoms with van der Waals surface area (Å²) in [7, 11) is 6.85. The van der Waals surface area contributed by atoms with Crippen LogP contribution in [0.5, 0.6) is 0 Å². The number of nitrogens with zero attached hydrogens (tertiary/aromatic N) is 3. The first-order valence-corrected chi connectivity index (χ1v) is 23.3. The van der Waals surface area contributed by atoms with Crippen LogP contribution in [0.25, 0.3) is 0 Å². The molecule has 1 fully saturated rings. The molecule has 4 amide bonds. The largest absolute Gasteiger partial charge is 0.386 e. The fraction of sp³-hybridized carbons (Fsp3) is 0.680. The SMILES string of the molecule is CC[C@H](C)[C@@H]([C@@H](CC(=O)N1CCC[C@H]1[C@H](OC)[C@@H](C)C(=O)N[C@H](C)[C@@H](O)c1ccccc1)OC)N(C)C(=O)[C@@H](NC(=O)[C@H](C(C)C)N(C)CCc1ccc(NC(C)C)cc1)C(C)C. The number of carbonyl (C=O) groups excluding carboxylic acids is 4. The lowest BCUT2D eigenvalue weighted by molar-refractivity contribution is -0.148. The van der Waals surface area contributed by atoms with Crippen LogP contribution >= 0.6 is 0 Å². The molecule has 10 atom stereocenters. The minimum absolute atomic E-state index is 0.00871. The zero-order valence-corrected chi connectivity index (χ0v) is 40.9. The molecule has 0 spiro atoms. The Hall–Kier alpha value is -4.04. The van der Waals surface area contributed by atoms with Crippen LogP contribution in [0, 0.1) is 23.7 Å². The summed E-state index contributed by atoms with van der Waals surface area (Å²) in [6.07, 6.45) is 0.834. The van der Waals surface area contributed by atoms with Gasteiger partial charge in [0.15, 0.2) is 0 Å². The highest BCUT2D eigenvalue weighted by Gasteiger charge is 2.43. The lowest BCUT2D eigenvalue weighted by Gasteiger charge is -2.41. The van der Waals surface area contributed by atoms with E-state index in [-0.39, 0.29) is 53.8 Å². The van der Waals surface area contributed by atoms with Crippen LogP contribution in [0.15, 0.2) is 54.6 Å². The second-order valence-corrected chi connectivity index (χ2v) is 18.9. The number of ether oxygens (including phenoxy) is 2. The van der Waals surface area contributed by atoms with Gasteiger partial charge in [-0.25, -0.2) is 0 Å². The van der Waals surface area contributed by atoms with Crippen molar-refractivity contribution in [2.75, 3.05) is 46.7 Å². The van der Waals surface area contributed by atoms with Crippen molar-refractivity contribution in [1.29, 1.82) is 0 Å². The number of amides is 4. The molecule has 2 aromatic rings. The van der Waals surface area contributed by atoms with E-state index in [2.05, 4.69) is 72.8 Å². The van der Waals surface area contributed by atoms with Crippen molar-refractivity contribution in [3.05, 3.63) is 65.7 Å². The summed E-state index contributed by atoms with van der Waals surface area (Å²) >= 11 is 0. The molecular weight excluding hydrogens is 797 g/mol. The zero-order valence-electron chi connectivity index (χ0n) is 40.9. The molecule has 1 saturated heterocycles. The monoisotopic (exact) mass is 879 g/mol. The first kappa shape index (κ1) is 53.3. The minimum atomic E-state index is -0.884. The number of anilines is 1. The summed E-state index contributed by atoms with van der Waals surface area (Å²) in [5.41, 5.74) is 2.97. The topological polar surface area (TPSA) is 153 Å². The maximum absolute atomic E-state index is 14.6. The Morgan fingerprint density at radius 2 is 1.48 bits per heavy atom. The van der Waals surface area contributed by atoms with E-state index < -0.39 is 48.4 Å². The standard InChI is InChI=1S/C50H82N6O7/c1-15-34(8)45(55(12)50(61)43(31(2)3)53-49(60)44(32(4)5)54(11)29-27-37-23-25-39(26-24-37)51-33(6)7)41(62-13)30-42(57)56-28-19-22-40(56)47(63-14)35(9)48(59)52-36(10)46(58)38-20-17-16-18-21-38/h16-18,20-21,23-26,31-36,40-41,43-47,51,58H,15,19,22,27-30H2,1-14H3,(H,52,59)(H,53,60)/t34-,35+,36+,40-,41+,43-,44-,45-,46+,47+/m0/s1. The van der Waals surface area contributed by atoms with E-state index in [0.29, 0.717) is 31.1 Å². The number of aliphatic hydroxyl groups excluding tert-OH is 1. The lowest BCUT2D eigenvalue weighted by atomic mass is 9.89. The van der Waals surface area contributed by atoms with Gasteiger partial charge in [-0.15, -0.1) is 0 Å². The maximum Gasteiger partial charge on any atom is 0.245 e. The highest BCUT2D eigenvalue weighted by molar-refractivity contribution is 5.90. The average Bonchev–Trinajstić information content (AvgIpc) is 3.74. The van der Waals surface area contributed by atoms with Crippen LogP contribution in [-0.4, -0.2) is 133 Å². The number of benzene rings is 2. The Bertz CT molecular complexity index is 1710. The summed E-state index contributed by atoms with van der Waals surface area (Å²) in [6, 6.07) is 15.3. The third kappa shape index (κ3) is 14.7. The molecule has 0 aromatic heterocycles. The number of likely N-dealkylation sites (N-methyl/N-ethyl adjacent to an activating group) is 2. The van der Waals surface area contributed by atoms with E-state index in [1.165, 1.54) is 5.56 Å². The number of carbonyl (C=O) groups is 4. The molecule has 0 unspecified atom stereocenters. The molecule has 13 heteroatoms. The van der Waals surface area contributed by atoms with Gasteiger partial charge in [-0.1, -0.05) is 97.4 Å².